The molecule has 2 aromatic carbocycles. The van der Waals surface area contributed by atoms with Crippen molar-refractivity contribution in [3.05, 3.63) is 77.2 Å². The minimum atomic E-state index is -3.60. The first-order valence-corrected chi connectivity index (χ1v) is 11.7. The van der Waals surface area contributed by atoms with Crippen LogP contribution in [0.2, 0.25) is 0 Å². The lowest BCUT2D eigenvalue weighted by atomic mass is 10.1. The number of carbonyl (C=O) groups excluding carboxylic acids is 1. The van der Waals surface area contributed by atoms with E-state index in [1.165, 1.54) is 22.7 Å². The Kier molecular flexibility index (Phi) is 6.48. The number of benzene rings is 2. The zero-order valence-corrected chi connectivity index (χ0v) is 19.1. The van der Waals surface area contributed by atoms with Crippen molar-refractivity contribution in [3.8, 4) is 0 Å². The second-order valence-corrected chi connectivity index (χ2v) is 10.3. The Morgan fingerprint density at radius 2 is 1.47 bits per heavy atom. The lowest BCUT2D eigenvalue weighted by molar-refractivity contribution is 0.0785. The van der Waals surface area contributed by atoms with Crippen LogP contribution in [-0.4, -0.2) is 47.4 Å². The first-order valence-electron chi connectivity index (χ1n) is 9.34. The predicted molar refractivity (Wildman–Crippen MR) is 123 cm³/mol. The van der Waals surface area contributed by atoms with Crippen LogP contribution in [0.1, 0.15) is 15.9 Å². The van der Waals surface area contributed by atoms with E-state index < -0.39 is 10.0 Å². The van der Waals surface area contributed by atoms with Crippen LogP contribution in [0.3, 0.4) is 0 Å². The van der Waals surface area contributed by atoms with E-state index in [9.17, 15) is 13.2 Å². The molecule has 1 aromatic heterocycles. The number of amides is 1. The van der Waals surface area contributed by atoms with Gasteiger partial charge < -0.3 is 9.80 Å². The number of thiophene rings is 1. The summed E-state index contributed by atoms with van der Waals surface area (Å²) in [6.45, 7) is 0.487. The second-order valence-electron chi connectivity index (χ2n) is 7.17. The van der Waals surface area contributed by atoms with Gasteiger partial charge in [0, 0.05) is 46.0 Å². The van der Waals surface area contributed by atoms with Gasteiger partial charge in [-0.2, -0.15) is 0 Å². The van der Waals surface area contributed by atoms with Gasteiger partial charge in [-0.05, 0) is 53.4 Å². The highest BCUT2D eigenvalue weighted by Gasteiger charge is 2.22. The van der Waals surface area contributed by atoms with Gasteiger partial charge in [-0.15, -0.1) is 11.3 Å². The number of nitrogens with zero attached hydrogens (tertiary/aromatic N) is 3. The third-order valence-electron chi connectivity index (χ3n) is 4.81. The molecule has 0 saturated heterocycles. The van der Waals surface area contributed by atoms with Gasteiger partial charge in [0.2, 0.25) is 0 Å². The van der Waals surface area contributed by atoms with Gasteiger partial charge in [0.25, 0.3) is 15.9 Å². The van der Waals surface area contributed by atoms with Gasteiger partial charge in [0.05, 0.1) is 5.69 Å². The maximum Gasteiger partial charge on any atom is 0.273 e. The first kappa shape index (κ1) is 21.9. The highest BCUT2D eigenvalue weighted by Crippen LogP contribution is 2.25. The molecule has 0 aliphatic carbocycles. The highest BCUT2D eigenvalue weighted by molar-refractivity contribution is 7.94. The Hall–Kier alpha value is -2.84. The number of sulfonamides is 1. The van der Waals surface area contributed by atoms with E-state index in [4.69, 9.17) is 0 Å². The van der Waals surface area contributed by atoms with Crippen molar-refractivity contribution >= 4 is 38.6 Å². The SMILES string of the molecule is CN(Cc1ccc(N(C)C)cc1)C(=O)c1ccc(N(C)S(=O)(=O)c2cccs2)cc1. The van der Waals surface area contributed by atoms with Crippen molar-refractivity contribution < 1.29 is 13.2 Å². The zero-order chi connectivity index (χ0) is 21.9. The summed E-state index contributed by atoms with van der Waals surface area (Å²) in [5.41, 5.74) is 3.15. The van der Waals surface area contributed by atoms with Crippen LogP contribution in [-0.2, 0) is 16.6 Å². The maximum absolute atomic E-state index is 12.8. The molecule has 0 aliphatic heterocycles. The van der Waals surface area contributed by atoms with Gasteiger partial charge in [-0.1, -0.05) is 18.2 Å². The number of hydrogen-bond acceptors (Lipinski definition) is 5. The van der Waals surface area contributed by atoms with E-state index >= 15 is 0 Å². The zero-order valence-electron chi connectivity index (χ0n) is 17.4. The van der Waals surface area contributed by atoms with E-state index in [1.807, 2.05) is 43.3 Å². The van der Waals surface area contributed by atoms with Crippen molar-refractivity contribution in [1.29, 1.82) is 0 Å². The van der Waals surface area contributed by atoms with E-state index in [0.717, 1.165) is 11.3 Å². The molecular formula is C22H25N3O3S2. The van der Waals surface area contributed by atoms with Crippen LogP contribution in [0.15, 0.2) is 70.3 Å². The van der Waals surface area contributed by atoms with Gasteiger partial charge in [-0.25, -0.2) is 8.42 Å². The molecule has 0 bridgehead atoms. The molecule has 0 aliphatic rings. The monoisotopic (exact) mass is 443 g/mol. The summed E-state index contributed by atoms with van der Waals surface area (Å²) < 4.78 is 26.8. The fourth-order valence-electron chi connectivity index (χ4n) is 2.96. The van der Waals surface area contributed by atoms with Crippen molar-refractivity contribution in [2.45, 2.75) is 10.8 Å². The molecule has 3 rings (SSSR count). The molecule has 0 fully saturated rings. The smallest absolute Gasteiger partial charge is 0.273 e. The van der Waals surface area contributed by atoms with E-state index in [-0.39, 0.29) is 10.1 Å². The number of rotatable bonds is 7. The maximum atomic E-state index is 12.8. The van der Waals surface area contributed by atoms with E-state index in [0.29, 0.717) is 17.8 Å². The van der Waals surface area contributed by atoms with Crippen molar-refractivity contribution in [2.75, 3.05) is 37.4 Å². The molecule has 158 valence electrons. The van der Waals surface area contributed by atoms with Crippen LogP contribution in [0, 0.1) is 0 Å². The average molecular weight is 444 g/mol. The van der Waals surface area contributed by atoms with Crippen molar-refractivity contribution in [2.24, 2.45) is 0 Å². The molecule has 8 heteroatoms. The van der Waals surface area contributed by atoms with Gasteiger partial charge >= 0.3 is 0 Å². The van der Waals surface area contributed by atoms with Crippen LogP contribution < -0.4 is 9.21 Å². The van der Waals surface area contributed by atoms with Crippen molar-refractivity contribution in [3.63, 3.8) is 0 Å². The Labute approximate surface area is 182 Å². The average Bonchev–Trinajstić information content (AvgIpc) is 3.29. The second kappa shape index (κ2) is 8.89. The molecule has 0 saturated carbocycles. The summed E-state index contributed by atoms with van der Waals surface area (Å²) >= 11 is 1.17. The van der Waals surface area contributed by atoms with Gasteiger partial charge in [-0.3, -0.25) is 9.10 Å². The van der Waals surface area contributed by atoms with Crippen LogP contribution in [0.25, 0.3) is 0 Å². The number of hydrogen-bond donors (Lipinski definition) is 0. The summed E-state index contributed by atoms with van der Waals surface area (Å²) in [7, 11) is 3.63. The third-order valence-corrected chi connectivity index (χ3v) is 7.97. The Morgan fingerprint density at radius 3 is 2.00 bits per heavy atom. The van der Waals surface area contributed by atoms with E-state index in [2.05, 4.69) is 0 Å². The summed E-state index contributed by atoms with van der Waals surface area (Å²) in [4.78, 5) is 16.4. The lowest BCUT2D eigenvalue weighted by Crippen LogP contribution is -2.27. The predicted octanol–water partition coefficient (Wildman–Crippen LogP) is 3.91. The minimum absolute atomic E-state index is 0.123. The molecule has 1 amide bonds. The minimum Gasteiger partial charge on any atom is -0.378 e. The largest absolute Gasteiger partial charge is 0.378 e. The molecule has 6 nitrogen and oxygen atoms in total. The summed E-state index contributed by atoms with van der Waals surface area (Å²) in [6.07, 6.45) is 0. The quantitative estimate of drug-likeness (QED) is 0.555. The third kappa shape index (κ3) is 4.66. The standard InChI is InChI=1S/C22H25N3O3S2/c1-23(2)19-11-7-17(8-12-19)16-24(3)22(26)18-9-13-20(14-10-18)25(4)30(27,28)21-6-5-15-29-21/h5-15H,16H2,1-4H3. The van der Waals surface area contributed by atoms with Gasteiger partial charge in [0.15, 0.2) is 0 Å². The summed E-state index contributed by atoms with van der Waals surface area (Å²) in [5.74, 6) is -0.123. The summed E-state index contributed by atoms with van der Waals surface area (Å²) in [5, 5.41) is 1.73. The molecule has 30 heavy (non-hydrogen) atoms. The lowest BCUT2D eigenvalue weighted by Gasteiger charge is -2.20. The molecular weight excluding hydrogens is 418 g/mol. The Bertz CT molecular complexity index is 1090. The fraction of sp³-hybridized carbons (Fsp3) is 0.227. The van der Waals surface area contributed by atoms with Crippen LogP contribution >= 0.6 is 11.3 Å². The molecule has 1 heterocycles. The number of anilines is 2. The van der Waals surface area contributed by atoms with Crippen LogP contribution in [0.5, 0.6) is 0 Å². The normalized spacial score (nSPS) is 11.2. The fourth-order valence-corrected chi connectivity index (χ4v) is 5.32. The van der Waals surface area contributed by atoms with Crippen LogP contribution in [0.4, 0.5) is 11.4 Å². The molecule has 0 spiro atoms. The van der Waals surface area contributed by atoms with Crippen molar-refractivity contribution in [1.82, 2.24) is 4.90 Å². The summed E-state index contributed by atoms with van der Waals surface area (Å²) in [6, 6.07) is 18.0. The Balaban J connectivity index is 1.70. The number of carbonyl (C=O) groups is 1. The topological polar surface area (TPSA) is 60.9 Å². The van der Waals surface area contributed by atoms with E-state index in [1.54, 1.807) is 53.7 Å². The molecule has 3 aromatic rings. The Morgan fingerprint density at radius 1 is 0.867 bits per heavy atom. The van der Waals surface area contributed by atoms with Gasteiger partial charge in [0.1, 0.15) is 4.21 Å². The molecule has 0 atom stereocenters. The molecule has 0 N–H and O–H groups in total. The highest BCUT2D eigenvalue weighted by atomic mass is 32.2. The molecule has 0 radical (unpaired) electrons. The molecule has 0 unspecified atom stereocenters. The first-order chi connectivity index (χ1) is 14.2.